The third-order valence-corrected chi connectivity index (χ3v) is 2.67. The predicted molar refractivity (Wildman–Crippen MR) is 52.4 cm³/mol. The topological polar surface area (TPSA) is 0 Å². The lowest BCUT2D eigenvalue weighted by Crippen LogP contribution is -2.04. The van der Waals surface area contributed by atoms with Crippen LogP contribution in [-0.4, -0.2) is 0 Å². The van der Waals surface area contributed by atoms with E-state index >= 15 is 0 Å². The van der Waals surface area contributed by atoms with E-state index < -0.39 is 0 Å². The summed E-state index contributed by atoms with van der Waals surface area (Å²) in [6.45, 7) is 4.50. The molecular formula is C12H14. The van der Waals surface area contributed by atoms with Gasteiger partial charge in [-0.05, 0) is 23.0 Å². The first kappa shape index (κ1) is 7.60. The molecule has 0 radical (unpaired) electrons. The molecule has 0 heterocycles. The summed E-state index contributed by atoms with van der Waals surface area (Å²) in [6.07, 6.45) is 4.60. The largest absolute Gasteiger partial charge is 0.0807 e. The standard InChI is InChI=1S/C12H14/c1-9-7-8-10(2)12-6-4-3-5-11(9)12/h3-10H,1-2H3/t9-,10+. The molecule has 0 unspecified atom stereocenters. The molecule has 62 valence electrons. The second kappa shape index (κ2) is 2.78. The van der Waals surface area contributed by atoms with Gasteiger partial charge in [0.05, 0.1) is 0 Å². The predicted octanol–water partition coefficient (Wildman–Crippen LogP) is 3.46. The molecule has 0 nitrogen and oxygen atoms in total. The molecule has 12 heavy (non-hydrogen) atoms. The van der Waals surface area contributed by atoms with Gasteiger partial charge in [0.15, 0.2) is 0 Å². The Morgan fingerprint density at radius 2 is 1.25 bits per heavy atom. The Bertz CT molecular complexity index is 279. The fourth-order valence-electron chi connectivity index (χ4n) is 1.88. The number of allylic oxidation sites excluding steroid dienone is 2. The van der Waals surface area contributed by atoms with Gasteiger partial charge >= 0.3 is 0 Å². The zero-order valence-corrected chi connectivity index (χ0v) is 7.62. The molecule has 0 spiro atoms. The van der Waals surface area contributed by atoms with Gasteiger partial charge in [-0.25, -0.2) is 0 Å². The Morgan fingerprint density at radius 1 is 0.833 bits per heavy atom. The minimum absolute atomic E-state index is 0.595. The average molecular weight is 158 g/mol. The number of hydrogen-bond acceptors (Lipinski definition) is 0. The highest BCUT2D eigenvalue weighted by molar-refractivity contribution is 5.40. The smallest absolute Gasteiger partial charge is 0.000727 e. The van der Waals surface area contributed by atoms with Crippen LogP contribution in [0.2, 0.25) is 0 Å². The molecule has 0 heteroatoms. The van der Waals surface area contributed by atoms with Gasteiger partial charge < -0.3 is 0 Å². The lowest BCUT2D eigenvalue weighted by molar-refractivity contribution is 0.832. The summed E-state index contributed by atoms with van der Waals surface area (Å²) in [5.74, 6) is 1.19. The fraction of sp³-hybridized carbons (Fsp3) is 0.333. The lowest BCUT2D eigenvalue weighted by atomic mass is 9.84. The van der Waals surface area contributed by atoms with Crippen molar-refractivity contribution in [2.75, 3.05) is 0 Å². The zero-order valence-electron chi connectivity index (χ0n) is 7.62. The van der Waals surface area contributed by atoms with Crippen molar-refractivity contribution in [1.82, 2.24) is 0 Å². The summed E-state index contributed by atoms with van der Waals surface area (Å²) in [6, 6.07) is 8.72. The highest BCUT2D eigenvalue weighted by Crippen LogP contribution is 2.32. The van der Waals surface area contributed by atoms with Crippen molar-refractivity contribution in [2.24, 2.45) is 0 Å². The molecular weight excluding hydrogens is 144 g/mol. The van der Waals surface area contributed by atoms with E-state index in [4.69, 9.17) is 0 Å². The van der Waals surface area contributed by atoms with Crippen LogP contribution in [0.4, 0.5) is 0 Å². The van der Waals surface area contributed by atoms with Crippen LogP contribution < -0.4 is 0 Å². The number of hydrogen-bond donors (Lipinski definition) is 0. The molecule has 0 aromatic heterocycles. The van der Waals surface area contributed by atoms with Crippen LogP contribution in [0, 0.1) is 0 Å². The molecule has 0 N–H and O–H groups in total. The highest BCUT2D eigenvalue weighted by Gasteiger charge is 2.15. The second-order valence-electron chi connectivity index (χ2n) is 3.59. The van der Waals surface area contributed by atoms with Gasteiger partial charge in [-0.1, -0.05) is 50.3 Å². The Labute approximate surface area is 73.9 Å². The molecule has 0 bridgehead atoms. The van der Waals surface area contributed by atoms with Crippen molar-refractivity contribution in [3.8, 4) is 0 Å². The summed E-state index contributed by atoms with van der Waals surface area (Å²) < 4.78 is 0. The molecule has 0 saturated carbocycles. The van der Waals surface area contributed by atoms with Crippen molar-refractivity contribution in [3.63, 3.8) is 0 Å². The maximum Gasteiger partial charge on any atom is -0.000727 e. The summed E-state index contributed by atoms with van der Waals surface area (Å²) in [7, 11) is 0. The van der Waals surface area contributed by atoms with Crippen LogP contribution in [0.15, 0.2) is 36.4 Å². The molecule has 0 amide bonds. The number of rotatable bonds is 0. The van der Waals surface area contributed by atoms with E-state index in [-0.39, 0.29) is 0 Å². The monoisotopic (exact) mass is 158 g/mol. The summed E-state index contributed by atoms with van der Waals surface area (Å²) in [4.78, 5) is 0. The minimum Gasteiger partial charge on any atom is -0.0807 e. The Hall–Kier alpha value is -1.04. The number of benzene rings is 1. The summed E-state index contributed by atoms with van der Waals surface area (Å²) in [5, 5.41) is 0. The lowest BCUT2D eigenvalue weighted by Gasteiger charge is -2.21. The Kier molecular flexibility index (Phi) is 1.76. The van der Waals surface area contributed by atoms with E-state index in [2.05, 4.69) is 50.3 Å². The van der Waals surface area contributed by atoms with Crippen molar-refractivity contribution in [1.29, 1.82) is 0 Å². The van der Waals surface area contributed by atoms with E-state index in [9.17, 15) is 0 Å². The molecule has 0 saturated heterocycles. The summed E-state index contributed by atoms with van der Waals surface area (Å²) >= 11 is 0. The van der Waals surface area contributed by atoms with Gasteiger partial charge in [0.1, 0.15) is 0 Å². The van der Waals surface area contributed by atoms with Crippen molar-refractivity contribution < 1.29 is 0 Å². The van der Waals surface area contributed by atoms with Crippen LogP contribution in [-0.2, 0) is 0 Å². The SMILES string of the molecule is C[C@@H]1C=C[C@H](C)c2ccccc21. The molecule has 0 aliphatic heterocycles. The van der Waals surface area contributed by atoms with Crippen LogP contribution in [0.25, 0.3) is 0 Å². The van der Waals surface area contributed by atoms with Crippen molar-refractivity contribution >= 4 is 0 Å². The third kappa shape index (κ3) is 1.08. The van der Waals surface area contributed by atoms with E-state index in [1.807, 2.05) is 0 Å². The maximum absolute atomic E-state index is 2.30. The Balaban J connectivity index is 2.54. The molecule has 2 atom stereocenters. The van der Waals surface area contributed by atoms with Gasteiger partial charge in [-0.3, -0.25) is 0 Å². The van der Waals surface area contributed by atoms with Crippen LogP contribution in [0.1, 0.15) is 36.8 Å². The van der Waals surface area contributed by atoms with Crippen molar-refractivity contribution in [2.45, 2.75) is 25.7 Å². The maximum atomic E-state index is 2.30. The molecule has 1 aliphatic rings. The minimum atomic E-state index is 0.595. The van der Waals surface area contributed by atoms with Crippen LogP contribution in [0.5, 0.6) is 0 Å². The molecule has 1 aromatic carbocycles. The van der Waals surface area contributed by atoms with Gasteiger partial charge in [0.2, 0.25) is 0 Å². The van der Waals surface area contributed by atoms with Gasteiger partial charge in [0.25, 0.3) is 0 Å². The van der Waals surface area contributed by atoms with Crippen molar-refractivity contribution in [3.05, 3.63) is 47.5 Å². The third-order valence-electron chi connectivity index (χ3n) is 2.67. The van der Waals surface area contributed by atoms with E-state index in [0.29, 0.717) is 11.8 Å². The van der Waals surface area contributed by atoms with Crippen LogP contribution in [0.3, 0.4) is 0 Å². The molecule has 1 aromatic rings. The first-order valence-corrected chi connectivity index (χ1v) is 4.56. The fourth-order valence-corrected chi connectivity index (χ4v) is 1.88. The van der Waals surface area contributed by atoms with E-state index in [1.165, 1.54) is 11.1 Å². The highest BCUT2D eigenvalue weighted by atomic mass is 14.2. The normalized spacial score (nSPS) is 26.8. The molecule has 1 aliphatic carbocycles. The van der Waals surface area contributed by atoms with E-state index in [0.717, 1.165) is 0 Å². The molecule has 2 rings (SSSR count). The van der Waals surface area contributed by atoms with Crippen LogP contribution >= 0.6 is 0 Å². The van der Waals surface area contributed by atoms with E-state index in [1.54, 1.807) is 0 Å². The molecule has 0 fully saturated rings. The first-order valence-electron chi connectivity index (χ1n) is 4.56. The van der Waals surface area contributed by atoms with Gasteiger partial charge in [-0.15, -0.1) is 0 Å². The average Bonchev–Trinajstić information content (AvgIpc) is 2.12. The second-order valence-corrected chi connectivity index (χ2v) is 3.59. The zero-order chi connectivity index (χ0) is 8.55. The summed E-state index contributed by atoms with van der Waals surface area (Å²) in [5.41, 5.74) is 2.99. The quantitative estimate of drug-likeness (QED) is 0.507. The number of fused-ring (bicyclic) bond motifs is 1. The Morgan fingerprint density at radius 3 is 1.67 bits per heavy atom. The van der Waals surface area contributed by atoms with Gasteiger partial charge in [-0.2, -0.15) is 0 Å². The first-order chi connectivity index (χ1) is 5.79. The van der Waals surface area contributed by atoms with Gasteiger partial charge in [0, 0.05) is 0 Å².